The Balaban J connectivity index is 1.82. The minimum atomic E-state index is -0.103. The first kappa shape index (κ1) is 19.4. The van der Waals surface area contributed by atoms with Crippen LogP contribution in [-0.4, -0.2) is 36.4 Å². The molecule has 138 valence electrons. The van der Waals surface area contributed by atoms with E-state index in [2.05, 4.69) is 5.32 Å². The van der Waals surface area contributed by atoms with E-state index in [4.69, 9.17) is 4.74 Å². The number of rotatable bonds is 7. The van der Waals surface area contributed by atoms with Gasteiger partial charge in [-0.2, -0.15) is 0 Å². The summed E-state index contributed by atoms with van der Waals surface area (Å²) < 4.78 is 5.38. The highest BCUT2D eigenvalue weighted by Gasteiger charge is 2.29. The van der Waals surface area contributed by atoms with Gasteiger partial charge >= 0.3 is 0 Å². The maximum absolute atomic E-state index is 12.4. The van der Waals surface area contributed by atoms with Gasteiger partial charge in [-0.15, -0.1) is 0 Å². The molecule has 0 bridgehead atoms. The highest BCUT2D eigenvalue weighted by Crippen LogP contribution is 2.18. The van der Waals surface area contributed by atoms with E-state index < -0.39 is 0 Å². The second-order valence-electron chi connectivity index (χ2n) is 6.95. The van der Waals surface area contributed by atoms with Crippen molar-refractivity contribution < 1.29 is 14.3 Å². The van der Waals surface area contributed by atoms with E-state index in [0.717, 1.165) is 30.5 Å². The Morgan fingerprint density at radius 1 is 1.24 bits per heavy atom. The van der Waals surface area contributed by atoms with Gasteiger partial charge in [0.2, 0.25) is 11.8 Å². The number of hydrogen-bond acceptors (Lipinski definition) is 3. The van der Waals surface area contributed by atoms with Gasteiger partial charge in [0.05, 0.1) is 12.5 Å². The first-order valence-electron chi connectivity index (χ1n) is 9.23. The van der Waals surface area contributed by atoms with Crippen molar-refractivity contribution >= 4 is 11.8 Å². The summed E-state index contributed by atoms with van der Waals surface area (Å²) in [6, 6.07) is 8.09. The van der Waals surface area contributed by atoms with Crippen LogP contribution in [0.2, 0.25) is 0 Å². The highest BCUT2D eigenvalue weighted by molar-refractivity contribution is 5.82. The smallest absolute Gasteiger partial charge is 0.225 e. The molecule has 1 aliphatic rings. The maximum atomic E-state index is 12.4. The molecule has 0 saturated carbocycles. The molecule has 1 aromatic rings. The van der Waals surface area contributed by atoms with Crippen LogP contribution in [0, 0.1) is 11.8 Å². The molecule has 2 amide bonds. The molecule has 0 radical (unpaired) electrons. The lowest BCUT2D eigenvalue weighted by Crippen LogP contribution is -2.46. The van der Waals surface area contributed by atoms with Crippen molar-refractivity contribution in [2.45, 2.75) is 46.8 Å². The molecule has 1 aromatic carbocycles. The molecule has 2 rings (SSSR count). The topological polar surface area (TPSA) is 58.6 Å². The molecule has 5 heteroatoms. The maximum Gasteiger partial charge on any atom is 0.225 e. The average Bonchev–Trinajstić information content (AvgIpc) is 2.64. The molecule has 0 spiro atoms. The molecule has 0 unspecified atom stereocenters. The van der Waals surface area contributed by atoms with Gasteiger partial charge in [-0.05, 0) is 30.9 Å². The van der Waals surface area contributed by atoms with Crippen LogP contribution < -0.4 is 5.32 Å². The van der Waals surface area contributed by atoms with E-state index in [1.807, 2.05) is 49.9 Å². The van der Waals surface area contributed by atoms with Gasteiger partial charge in [0, 0.05) is 32.2 Å². The molecule has 0 aliphatic carbocycles. The fraction of sp³-hybridized carbons (Fsp3) is 0.600. The zero-order valence-electron chi connectivity index (χ0n) is 15.6. The van der Waals surface area contributed by atoms with Gasteiger partial charge in [0.15, 0.2) is 0 Å². The Labute approximate surface area is 150 Å². The summed E-state index contributed by atoms with van der Waals surface area (Å²) in [5.74, 6) is 0.0627. The van der Waals surface area contributed by atoms with Crippen molar-refractivity contribution in [2.24, 2.45) is 11.8 Å². The monoisotopic (exact) mass is 346 g/mol. The van der Waals surface area contributed by atoms with Crippen LogP contribution in [0.1, 0.15) is 44.7 Å². The van der Waals surface area contributed by atoms with Gasteiger partial charge < -0.3 is 15.0 Å². The molecule has 1 atom stereocenters. The van der Waals surface area contributed by atoms with Crippen molar-refractivity contribution in [1.82, 2.24) is 10.2 Å². The fourth-order valence-electron chi connectivity index (χ4n) is 3.06. The molecular formula is C20H30N2O3. The molecule has 25 heavy (non-hydrogen) atoms. The lowest BCUT2D eigenvalue weighted by Gasteiger charge is -2.33. The quantitative estimate of drug-likeness (QED) is 0.826. The van der Waals surface area contributed by atoms with Crippen molar-refractivity contribution in [2.75, 3.05) is 19.7 Å². The first-order valence-corrected chi connectivity index (χ1v) is 9.23. The number of carbonyl (C=O) groups excluding carboxylic acids is 2. The predicted octanol–water partition coefficient (Wildman–Crippen LogP) is 2.73. The molecule has 5 nitrogen and oxygen atoms in total. The third-order valence-corrected chi connectivity index (χ3v) is 4.56. The molecule has 1 heterocycles. The van der Waals surface area contributed by atoms with Crippen molar-refractivity contribution in [3.8, 4) is 0 Å². The van der Waals surface area contributed by atoms with Gasteiger partial charge in [-0.25, -0.2) is 0 Å². The van der Waals surface area contributed by atoms with Crippen LogP contribution in [0.3, 0.4) is 0 Å². The van der Waals surface area contributed by atoms with Gasteiger partial charge in [-0.1, -0.05) is 38.1 Å². The number of carbonyl (C=O) groups is 2. The molecule has 1 saturated heterocycles. The Kier molecular flexibility index (Phi) is 7.44. The number of nitrogens with one attached hydrogen (secondary N) is 1. The normalized spacial score (nSPS) is 17.6. The summed E-state index contributed by atoms with van der Waals surface area (Å²) in [5.41, 5.74) is 2.20. The Morgan fingerprint density at radius 3 is 2.56 bits per heavy atom. The van der Waals surface area contributed by atoms with E-state index in [0.29, 0.717) is 26.3 Å². The third-order valence-electron chi connectivity index (χ3n) is 4.56. The molecule has 1 fully saturated rings. The predicted molar refractivity (Wildman–Crippen MR) is 97.8 cm³/mol. The number of amides is 2. The van der Waals surface area contributed by atoms with Crippen LogP contribution in [-0.2, 0) is 27.5 Å². The third kappa shape index (κ3) is 5.85. The van der Waals surface area contributed by atoms with E-state index in [1.54, 1.807) is 0 Å². The Bertz CT molecular complexity index is 569. The van der Waals surface area contributed by atoms with E-state index in [9.17, 15) is 9.59 Å². The van der Waals surface area contributed by atoms with E-state index >= 15 is 0 Å². The largest absolute Gasteiger partial charge is 0.377 e. The minimum absolute atomic E-state index is 0.0167. The highest BCUT2D eigenvalue weighted by atomic mass is 16.5. The SMILES string of the molecule is CCOCc1ccc(CNC(=O)[C@@H]2CCCN(C(=O)C(C)C)C2)cc1. The second-order valence-corrected chi connectivity index (χ2v) is 6.95. The second kappa shape index (κ2) is 9.56. The van der Waals surface area contributed by atoms with Gasteiger partial charge in [0.25, 0.3) is 0 Å². The summed E-state index contributed by atoms with van der Waals surface area (Å²) in [5, 5.41) is 3.01. The zero-order valence-corrected chi connectivity index (χ0v) is 15.6. The lowest BCUT2D eigenvalue weighted by atomic mass is 9.96. The van der Waals surface area contributed by atoms with Crippen LogP contribution in [0.25, 0.3) is 0 Å². The van der Waals surface area contributed by atoms with E-state index in [-0.39, 0.29) is 23.7 Å². The standard InChI is InChI=1S/C20H30N2O3/c1-4-25-14-17-9-7-16(8-10-17)12-21-19(23)18-6-5-11-22(13-18)20(24)15(2)3/h7-10,15,18H,4-6,11-14H2,1-3H3,(H,21,23)/t18-/m1/s1. The van der Waals surface area contributed by atoms with Gasteiger partial charge in [-0.3, -0.25) is 9.59 Å². The number of ether oxygens (including phenoxy) is 1. The molecule has 1 N–H and O–H groups in total. The summed E-state index contributed by atoms with van der Waals surface area (Å²) in [6.45, 7) is 8.93. The van der Waals surface area contributed by atoms with Crippen molar-refractivity contribution in [3.63, 3.8) is 0 Å². The van der Waals surface area contributed by atoms with E-state index in [1.165, 1.54) is 0 Å². The number of nitrogens with zero attached hydrogens (tertiary/aromatic N) is 1. The summed E-state index contributed by atoms with van der Waals surface area (Å²) in [6.07, 6.45) is 1.74. The summed E-state index contributed by atoms with van der Waals surface area (Å²) >= 11 is 0. The Morgan fingerprint density at radius 2 is 1.92 bits per heavy atom. The minimum Gasteiger partial charge on any atom is -0.377 e. The Hall–Kier alpha value is -1.88. The zero-order chi connectivity index (χ0) is 18.2. The number of benzene rings is 1. The lowest BCUT2D eigenvalue weighted by molar-refractivity contribution is -0.138. The molecular weight excluding hydrogens is 316 g/mol. The van der Waals surface area contributed by atoms with Crippen molar-refractivity contribution in [3.05, 3.63) is 35.4 Å². The summed E-state index contributed by atoms with van der Waals surface area (Å²) in [4.78, 5) is 26.4. The van der Waals surface area contributed by atoms with Crippen LogP contribution in [0.5, 0.6) is 0 Å². The summed E-state index contributed by atoms with van der Waals surface area (Å²) in [7, 11) is 0. The van der Waals surface area contributed by atoms with Crippen molar-refractivity contribution in [1.29, 1.82) is 0 Å². The number of hydrogen-bond donors (Lipinski definition) is 1. The number of piperidine rings is 1. The van der Waals surface area contributed by atoms with Crippen LogP contribution in [0.15, 0.2) is 24.3 Å². The first-order chi connectivity index (χ1) is 12.0. The number of likely N-dealkylation sites (tertiary alicyclic amines) is 1. The van der Waals surface area contributed by atoms with Gasteiger partial charge in [0.1, 0.15) is 0 Å². The fourth-order valence-corrected chi connectivity index (χ4v) is 3.06. The van der Waals surface area contributed by atoms with Crippen LogP contribution in [0.4, 0.5) is 0 Å². The van der Waals surface area contributed by atoms with Crippen LogP contribution >= 0.6 is 0 Å². The average molecular weight is 346 g/mol. The molecule has 1 aliphatic heterocycles. The molecule has 0 aromatic heterocycles.